The van der Waals surface area contributed by atoms with Crippen LogP contribution in [0.2, 0.25) is 5.02 Å². The molecule has 0 N–H and O–H groups in total. The van der Waals surface area contributed by atoms with Gasteiger partial charge < -0.3 is 9.64 Å². The maximum atomic E-state index is 12.2. The third-order valence-electron chi connectivity index (χ3n) is 3.26. The van der Waals surface area contributed by atoms with Crippen molar-refractivity contribution in [3.05, 3.63) is 67.6 Å². The van der Waals surface area contributed by atoms with Crippen molar-refractivity contribution >= 4 is 39.1 Å². The smallest absolute Gasteiger partial charge is 0.312 e. The Morgan fingerprint density at radius 1 is 1.33 bits per heavy atom. The molecule has 2 aromatic rings. The van der Waals surface area contributed by atoms with Crippen LogP contribution in [0.3, 0.4) is 0 Å². The Bertz CT molecular complexity index is 769. The van der Waals surface area contributed by atoms with Crippen molar-refractivity contribution in [3.8, 4) is 5.75 Å². The molecule has 0 atom stereocenters. The third kappa shape index (κ3) is 4.69. The van der Waals surface area contributed by atoms with Crippen LogP contribution in [0.15, 0.2) is 46.9 Å². The molecule has 0 radical (unpaired) electrons. The van der Waals surface area contributed by atoms with Crippen LogP contribution in [-0.2, 0) is 11.3 Å². The van der Waals surface area contributed by atoms with Gasteiger partial charge in [0.15, 0.2) is 12.4 Å². The largest absolute Gasteiger partial charge is 0.477 e. The Kier molecular flexibility index (Phi) is 6.16. The highest BCUT2D eigenvalue weighted by Gasteiger charge is 2.18. The van der Waals surface area contributed by atoms with E-state index in [0.717, 1.165) is 10.0 Å². The van der Waals surface area contributed by atoms with E-state index in [9.17, 15) is 14.9 Å². The Morgan fingerprint density at radius 3 is 2.71 bits per heavy atom. The van der Waals surface area contributed by atoms with Gasteiger partial charge in [-0.2, -0.15) is 0 Å². The molecule has 2 aromatic carbocycles. The lowest BCUT2D eigenvalue weighted by atomic mass is 10.2. The van der Waals surface area contributed by atoms with E-state index in [0.29, 0.717) is 6.54 Å². The van der Waals surface area contributed by atoms with E-state index >= 15 is 0 Å². The van der Waals surface area contributed by atoms with Crippen molar-refractivity contribution in [2.45, 2.75) is 6.54 Å². The number of ether oxygens (including phenoxy) is 1. The van der Waals surface area contributed by atoms with Crippen molar-refractivity contribution in [3.63, 3.8) is 0 Å². The molecule has 0 heterocycles. The minimum Gasteiger partial charge on any atom is -0.477 e. The SMILES string of the molecule is CN(Cc1ccccc1Br)C(=O)COc1ccc(Cl)cc1[N+](=O)[O-]. The number of likely N-dealkylation sites (N-methyl/N-ethyl adjacent to an activating group) is 1. The summed E-state index contributed by atoms with van der Waals surface area (Å²) in [6.45, 7) is 0.0930. The first-order chi connectivity index (χ1) is 11.4. The number of carbonyl (C=O) groups is 1. The summed E-state index contributed by atoms with van der Waals surface area (Å²) in [7, 11) is 1.64. The molecule has 8 heteroatoms. The summed E-state index contributed by atoms with van der Waals surface area (Å²) in [5.74, 6) is -0.290. The molecule has 0 aliphatic rings. The average molecular weight is 414 g/mol. The zero-order chi connectivity index (χ0) is 17.7. The number of amides is 1. The second-order valence-electron chi connectivity index (χ2n) is 5.00. The maximum absolute atomic E-state index is 12.2. The molecule has 0 aliphatic carbocycles. The molecular weight excluding hydrogens is 400 g/mol. The predicted octanol–water partition coefficient (Wildman–Crippen LogP) is 4.05. The van der Waals surface area contributed by atoms with Crippen molar-refractivity contribution in [1.29, 1.82) is 0 Å². The molecule has 126 valence electrons. The molecular formula is C16H14BrClN2O4. The Hall–Kier alpha value is -2.12. The van der Waals surface area contributed by atoms with Gasteiger partial charge in [0.05, 0.1) is 4.92 Å². The summed E-state index contributed by atoms with van der Waals surface area (Å²) < 4.78 is 6.20. The minimum atomic E-state index is -0.601. The number of hydrogen-bond acceptors (Lipinski definition) is 4. The first kappa shape index (κ1) is 18.2. The number of nitro benzene ring substituents is 1. The van der Waals surface area contributed by atoms with Gasteiger partial charge >= 0.3 is 5.69 Å². The van der Waals surface area contributed by atoms with Crippen LogP contribution in [-0.4, -0.2) is 29.4 Å². The van der Waals surface area contributed by atoms with Gasteiger partial charge in [-0.1, -0.05) is 45.7 Å². The second kappa shape index (κ2) is 8.12. The lowest BCUT2D eigenvalue weighted by Crippen LogP contribution is -2.31. The van der Waals surface area contributed by atoms with E-state index in [1.165, 1.54) is 23.1 Å². The van der Waals surface area contributed by atoms with Crippen molar-refractivity contribution in [2.24, 2.45) is 0 Å². The van der Waals surface area contributed by atoms with Crippen LogP contribution in [0.4, 0.5) is 5.69 Å². The summed E-state index contributed by atoms with van der Waals surface area (Å²) in [5.41, 5.74) is 0.676. The van der Waals surface area contributed by atoms with E-state index < -0.39 is 4.92 Å². The molecule has 0 aromatic heterocycles. The lowest BCUT2D eigenvalue weighted by molar-refractivity contribution is -0.385. The molecule has 0 saturated heterocycles. The maximum Gasteiger partial charge on any atom is 0.312 e. The molecule has 6 nitrogen and oxygen atoms in total. The molecule has 2 rings (SSSR count). The normalized spacial score (nSPS) is 10.3. The van der Waals surface area contributed by atoms with Gasteiger partial charge in [0.25, 0.3) is 5.91 Å². The molecule has 0 saturated carbocycles. The second-order valence-corrected chi connectivity index (χ2v) is 6.29. The fourth-order valence-electron chi connectivity index (χ4n) is 1.98. The van der Waals surface area contributed by atoms with Crippen LogP contribution in [0, 0.1) is 10.1 Å². The molecule has 0 aliphatic heterocycles. The summed E-state index contributed by atoms with van der Waals surface area (Å²) in [6.07, 6.45) is 0. The van der Waals surface area contributed by atoms with Crippen LogP contribution < -0.4 is 4.74 Å². The number of benzene rings is 2. The number of carbonyl (C=O) groups excluding carboxylic acids is 1. The minimum absolute atomic E-state index is 0.00652. The molecule has 0 spiro atoms. The van der Waals surface area contributed by atoms with E-state index in [1.54, 1.807) is 7.05 Å². The molecule has 0 unspecified atom stereocenters. The topological polar surface area (TPSA) is 72.7 Å². The van der Waals surface area contributed by atoms with Gasteiger partial charge in [-0.15, -0.1) is 0 Å². The highest BCUT2D eigenvalue weighted by Crippen LogP contribution is 2.29. The number of nitro groups is 1. The van der Waals surface area contributed by atoms with Gasteiger partial charge in [-0.25, -0.2) is 0 Å². The van der Waals surface area contributed by atoms with E-state index in [2.05, 4.69) is 15.9 Å². The molecule has 0 fully saturated rings. The standard InChI is InChI=1S/C16H14BrClN2O4/c1-19(9-11-4-2-3-5-13(11)17)16(21)10-24-15-7-6-12(18)8-14(15)20(22)23/h2-8H,9-10H2,1H3. The summed E-state index contributed by atoms with van der Waals surface area (Å²) in [5, 5.41) is 11.2. The number of halogens is 2. The zero-order valence-electron chi connectivity index (χ0n) is 12.7. The fraction of sp³-hybridized carbons (Fsp3) is 0.188. The summed E-state index contributed by atoms with van der Waals surface area (Å²) >= 11 is 9.16. The van der Waals surface area contributed by atoms with Gasteiger partial charge in [0, 0.05) is 29.2 Å². The van der Waals surface area contributed by atoms with Gasteiger partial charge in [-0.05, 0) is 23.8 Å². The van der Waals surface area contributed by atoms with Crippen LogP contribution in [0.1, 0.15) is 5.56 Å². The van der Waals surface area contributed by atoms with E-state index in [4.69, 9.17) is 16.3 Å². The Balaban J connectivity index is 2.00. The average Bonchev–Trinajstić information content (AvgIpc) is 2.55. The Labute approximate surface area is 152 Å². The Morgan fingerprint density at radius 2 is 2.04 bits per heavy atom. The van der Waals surface area contributed by atoms with Crippen LogP contribution in [0.25, 0.3) is 0 Å². The van der Waals surface area contributed by atoms with Crippen molar-refractivity contribution < 1.29 is 14.5 Å². The van der Waals surface area contributed by atoms with Crippen LogP contribution >= 0.6 is 27.5 Å². The fourth-order valence-corrected chi connectivity index (χ4v) is 2.55. The van der Waals surface area contributed by atoms with Gasteiger partial charge in [0.1, 0.15) is 0 Å². The van der Waals surface area contributed by atoms with Gasteiger partial charge in [-0.3, -0.25) is 14.9 Å². The molecule has 1 amide bonds. The zero-order valence-corrected chi connectivity index (χ0v) is 15.1. The first-order valence-corrected chi connectivity index (χ1v) is 8.09. The van der Waals surface area contributed by atoms with Crippen molar-refractivity contribution in [2.75, 3.05) is 13.7 Å². The predicted molar refractivity (Wildman–Crippen MR) is 94.2 cm³/mol. The van der Waals surface area contributed by atoms with Crippen molar-refractivity contribution in [1.82, 2.24) is 4.90 Å². The lowest BCUT2D eigenvalue weighted by Gasteiger charge is -2.18. The summed E-state index contributed by atoms with van der Waals surface area (Å²) in [6, 6.07) is 11.6. The number of nitrogens with zero attached hydrogens (tertiary/aromatic N) is 2. The van der Waals surface area contributed by atoms with Gasteiger partial charge in [0.2, 0.25) is 0 Å². The first-order valence-electron chi connectivity index (χ1n) is 6.92. The third-order valence-corrected chi connectivity index (χ3v) is 4.27. The monoisotopic (exact) mass is 412 g/mol. The highest BCUT2D eigenvalue weighted by molar-refractivity contribution is 9.10. The number of rotatable bonds is 6. The number of hydrogen-bond donors (Lipinski definition) is 0. The highest BCUT2D eigenvalue weighted by atomic mass is 79.9. The molecule has 24 heavy (non-hydrogen) atoms. The summed E-state index contributed by atoms with van der Waals surface area (Å²) in [4.78, 5) is 24.1. The van der Waals surface area contributed by atoms with Crippen LogP contribution in [0.5, 0.6) is 5.75 Å². The van der Waals surface area contributed by atoms with E-state index in [-0.39, 0.29) is 29.0 Å². The quantitative estimate of drug-likeness (QED) is 0.529. The van der Waals surface area contributed by atoms with E-state index in [1.807, 2.05) is 24.3 Å². The molecule has 0 bridgehead atoms.